The summed E-state index contributed by atoms with van der Waals surface area (Å²) in [4.78, 5) is 0.131. The summed E-state index contributed by atoms with van der Waals surface area (Å²) in [5.74, 6) is 0. The smallest absolute Gasteiger partial charge is 0.297 e. The lowest BCUT2D eigenvalue weighted by Crippen LogP contribution is -2.15. The zero-order chi connectivity index (χ0) is 38.2. The summed E-state index contributed by atoms with van der Waals surface area (Å²) in [6, 6.07) is 6.49. The van der Waals surface area contributed by atoms with Crippen molar-refractivity contribution in [2.24, 2.45) is 0 Å². The van der Waals surface area contributed by atoms with Gasteiger partial charge in [-0.2, -0.15) is 8.42 Å². The topological polar surface area (TPSA) is 136 Å². The van der Waals surface area contributed by atoms with Gasteiger partial charge in [-0.05, 0) is 25.5 Å². The molecular formula is C39H72O13S. The summed E-state index contributed by atoms with van der Waals surface area (Å²) >= 11 is 0. The third kappa shape index (κ3) is 34.9. The largest absolute Gasteiger partial charge is 0.379 e. The first-order chi connectivity index (χ1) is 26.1. The molecule has 1 aromatic rings. The minimum atomic E-state index is -3.77. The lowest BCUT2D eigenvalue weighted by molar-refractivity contribution is -0.0267. The Balaban J connectivity index is 1.65. The molecule has 0 aromatic heterocycles. The van der Waals surface area contributed by atoms with Crippen molar-refractivity contribution >= 4 is 10.1 Å². The van der Waals surface area contributed by atoms with Crippen molar-refractivity contribution in [2.45, 2.75) is 83.0 Å². The molecule has 0 amide bonds. The monoisotopic (exact) mass is 780 g/mol. The fraction of sp³-hybridized carbons (Fsp3) is 0.846. The van der Waals surface area contributed by atoms with Gasteiger partial charge in [-0.15, -0.1) is 0 Å². The van der Waals surface area contributed by atoms with E-state index in [9.17, 15) is 8.42 Å². The van der Waals surface area contributed by atoms with Crippen LogP contribution < -0.4 is 0 Å². The van der Waals surface area contributed by atoms with Crippen LogP contribution in [0.25, 0.3) is 0 Å². The molecule has 0 radical (unpaired) electrons. The number of aryl methyl sites for hydroxylation is 1. The van der Waals surface area contributed by atoms with E-state index in [0.717, 1.165) is 18.6 Å². The average Bonchev–Trinajstić information content (AvgIpc) is 3.15. The molecule has 1 aromatic carbocycles. The molecule has 0 N–H and O–H groups in total. The zero-order valence-corrected chi connectivity index (χ0v) is 33.8. The van der Waals surface area contributed by atoms with Crippen LogP contribution in [0.4, 0.5) is 0 Å². The number of rotatable bonds is 43. The first-order valence-corrected chi connectivity index (χ1v) is 21.2. The van der Waals surface area contributed by atoms with Crippen LogP contribution in [0.3, 0.4) is 0 Å². The third-order valence-electron chi connectivity index (χ3n) is 7.77. The Bertz CT molecular complexity index is 982. The predicted octanol–water partition coefficient (Wildman–Crippen LogP) is 5.79. The molecule has 0 unspecified atom stereocenters. The predicted molar refractivity (Wildman–Crippen MR) is 204 cm³/mol. The minimum Gasteiger partial charge on any atom is -0.379 e. The second-order valence-corrected chi connectivity index (χ2v) is 14.0. The van der Waals surface area contributed by atoms with Gasteiger partial charge in [-0.1, -0.05) is 82.4 Å². The van der Waals surface area contributed by atoms with Gasteiger partial charge in [0.1, 0.15) is 0 Å². The lowest BCUT2D eigenvalue weighted by atomic mass is 10.1. The van der Waals surface area contributed by atoms with E-state index >= 15 is 0 Å². The summed E-state index contributed by atoms with van der Waals surface area (Å²) in [5, 5.41) is 0. The van der Waals surface area contributed by atoms with Crippen LogP contribution in [0.5, 0.6) is 0 Å². The van der Waals surface area contributed by atoms with Gasteiger partial charge >= 0.3 is 0 Å². The number of hydrogen-bond donors (Lipinski definition) is 0. The quantitative estimate of drug-likeness (QED) is 0.0585. The van der Waals surface area contributed by atoms with Gasteiger partial charge in [0.15, 0.2) is 0 Å². The molecule has 1 rings (SSSR count). The summed E-state index contributed by atoms with van der Waals surface area (Å²) in [6.45, 7) is 14.0. The van der Waals surface area contributed by atoms with Gasteiger partial charge in [-0.3, -0.25) is 4.18 Å². The molecule has 0 spiro atoms. The summed E-state index contributed by atoms with van der Waals surface area (Å²) in [5.41, 5.74) is 0.977. The molecule has 0 atom stereocenters. The van der Waals surface area contributed by atoms with E-state index in [1.165, 1.54) is 69.9 Å². The highest BCUT2D eigenvalue weighted by atomic mass is 32.2. The number of benzene rings is 1. The number of hydrogen-bond acceptors (Lipinski definition) is 13. The Morgan fingerprint density at radius 3 is 0.943 bits per heavy atom. The normalized spacial score (nSPS) is 11.9. The van der Waals surface area contributed by atoms with Crippen LogP contribution >= 0.6 is 0 Å². The SMILES string of the molecule is CCCCCCCCCCCCOCCOCCOCCOCCOCCOCCOCCOCCOCCOCCOS(=O)(=O)c1ccc(C)cc1. The highest BCUT2D eigenvalue weighted by molar-refractivity contribution is 7.86. The molecule has 0 aliphatic heterocycles. The molecule has 0 heterocycles. The molecule has 0 fully saturated rings. The van der Waals surface area contributed by atoms with Gasteiger partial charge in [0.2, 0.25) is 0 Å². The number of unbranched alkanes of at least 4 members (excludes halogenated alkanes) is 9. The molecule has 13 nitrogen and oxygen atoms in total. The maximum atomic E-state index is 12.1. The summed E-state index contributed by atoms with van der Waals surface area (Å²) in [7, 11) is -3.77. The van der Waals surface area contributed by atoms with Crippen molar-refractivity contribution in [3.8, 4) is 0 Å². The van der Waals surface area contributed by atoms with Crippen LogP contribution in [0.2, 0.25) is 0 Å². The Morgan fingerprint density at radius 2 is 0.623 bits per heavy atom. The van der Waals surface area contributed by atoms with Crippen LogP contribution in [0, 0.1) is 6.92 Å². The minimum absolute atomic E-state index is 0.0568. The highest BCUT2D eigenvalue weighted by Gasteiger charge is 2.14. The van der Waals surface area contributed by atoms with E-state index in [-0.39, 0.29) is 18.1 Å². The Hall–Kier alpha value is -1.27. The van der Waals surface area contributed by atoms with Gasteiger partial charge in [-0.25, -0.2) is 0 Å². The van der Waals surface area contributed by atoms with Crippen molar-refractivity contribution in [3.05, 3.63) is 29.8 Å². The Morgan fingerprint density at radius 1 is 0.358 bits per heavy atom. The molecule has 0 saturated heterocycles. The van der Waals surface area contributed by atoms with Gasteiger partial charge in [0.25, 0.3) is 10.1 Å². The lowest BCUT2D eigenvalue weighted by Gasteiger charge is -2.09. The van der Waals surface area contributed by atoms with Gasteiger partial charge < -0.3 is 47.4 Å². The molecule has 14 heteroatoms. The second kappa shape index (κ2) is 39.0. The first-order valence-electron chi connectivity index (χ1n) is 19.8. The maximum absolute atomic E-state index is 12.1. The Labute approximate surface area is 321 Å². The molecule has 0 bridgehead atoms. The number of ether oxygens (including phenoxy) is 10. The van der Waals surface area contributed by atoms with Crippen LogP contribution in [-0.2, 0) is 61.7 Å². The van der Waals surface area contributed by atoms with E-state index < -0.39 is 10.1 Å². The van der Waals surface area contributed by atoms with Crippen molar-refractivity contribution in [2.75, 3.05) is 139 Å². The zero-order valence-electron chi connectivity index (χ0n) is 32.9. The van der Waals surface area contributed by atoms with E-state index in [4.69, 9.17) is 51.6 Å². The standard InChI is InChI=1S/C39H72O13S/c1-3-4-5-6-7-8-9-10-11-12-17-42-18-19-43-20-21-44-22-23-45-24-25-46-26-27-47-28-29-48-30-31-49-32-33-50-34-35-51-36-37-52-53(40,41)39-15-13-38(2)14-16-39/h13-16H,3-12,17-37H2,1-2H3. The van der Waals surface area contributed by atoms with Gasteiger partial charge in [0.05, 0.1) is 137 Å². The molecule has 0 aliphatic rings. The fourth-order valence-corrected chi connectivity index (χ4v) is 5.64. The molecule has 0 saturated carbocycles. The highest BCUT2D eigenvalue weighted by Crippen LogP contribution is 2.13. The van der Waals surface area contributed by atoms with Crippen molar-refractivity contribution in [3.63, 3.8) is 0 Å². The maximum Gasteiger partial charge on any atom is 0.297 e. The van der Waals surface area contributed by atoms with Crippen LogP contribution in [0.1, 0.15) is 76.7 Å². The van der Waals surface area contributed by atoms with Crippen molar-refractivity contribution in [1.29, 1.82) is 0 Å². The molecular weight excluding hydrogens is 708 g/mol. The summed E-state index contributed by atoms with van der Waals surface area (Å²) in [6.07, 6.45) is 13.4. The van der Waals surface area contributed by atoms with E-state index in [1.54, 1.807) is 12.1 Å². The third-order valence-corrected chi connectivity index (χ3v) is 9.09. The first kappa shape index (κ1) is 49.7. The fourth-order valence-electron chi connectivity index (χ4n) is 4.75. The van der Waals surface area contributed by atoms with Gasteiger partial charge in [0, 0.05) is 6.61 Å². The Kier molecular flexibility index (Phi) is 36.6. The van der Waals surface area contributed by atoms with E-state index in [1.807, 2.05) is 6.92 Å². The van der Waals surface area contributed by atoms with Crippen molar-refractivity contribution in [1.82, 2.24) is 0 Å². The second-order valence-electron chi connectivity index (χ2n) is 12.4. The average molecular weight is 781 g/mol. The summed E-state index contributed by atoms with van der Waals surface area (Å²) < 4.78 is 84.1. The van der Waals surface area contributed by atoms with E-state index in [2.05, 4.69) is 6.92 Å². The van der Waals surface area contributed by atoms with Crippen LogP contribution in [-0.4, -0.2) is 147 Å². The van der Waals surface area contributed by atoms with Crippen LogP contribution in [0.15, 0.2) is 29.2 Å². The molecule has 53 heavy (non-hydrogen) atoms. The molecule has 0 aliphatic carbocycles. The molecule has 312 valence electrons. The van der Waals surface area contributed by atoms with E-state index in [0.29, 0.717) is 119 Å². The van der Waals surface area contributed by atoms with Crippen molar-refractivity contribution < 1.29 is 60.0 Å².